The molecule has 1 saturated heterocycles. The van der Waals surface area contributed by atoms with Crippen LogP contribution in [0.5, 0.6) is 0 Å². The van der Waals surface area contributed by atoms with E-state index in [1.165, 1.54) is 12.1 Å². The van der Waals surface area contributed by atoms with Gasteiger partial charge < -0.3 is 15.7 Å². The van der Waals surface area contributed by atoms with E-state index in [-0.39, 0.29) is 23.5 Å². The number of aliphatic imine (C=N–C) groups is 2. The minimum absolute atomic E-state index is 0.0338. The van der Waals surface area contributed by atoms with Crippen molar-refractivity contribution in [3.8, 4) is 0 Å². The van der Waals surface area contributed by atoms with E-state index in [1.54, 1.807) is 12.1 Å². The van der Waals surface area contributed by atoms with Crippen molar-refractivity contribution < 1.29 is 14.7 Å². The van der Waals surface area contributed by atoms with Crippen LogP contribution in [0.2, 0.25) is 0 Å². The van der Waals surface area contributed by atoms with E-state index < -0.39 is 11.6 Å². The number of carbonyl (C=O) groups is 2. The molecule has 124 valence electrons. The number of carboxylic acids is 1. The molecule has 1 aromatic rings. The first-order valence-electron chi connectivity index (χ1n) is 7.49. The van der Waals surface area contributed by atoms with Crippen molar-refractivity contribution in [1.82, 2.24) is 10.2 Å². The monoisotopic (exact) mass is 328 g/mol. The molecule has 1 aromatic carbocycles. The number of fused-ring (bicyclic) bond motifs is 2. The Hall–Kier alpha value is -2.94. The molecule has 1 amide bonds. The Morgan fingerprint density at radius 1 is 1.38 bits per heavy atom. The number of nitrogens with one attached hydrogen (secondary N) is 1. The number of rotatable bonds is 2. The summed E-state index contributed by atoms with van der Waals surface area (Å²) >= 11 is 0. The van der Waals surface area contributed by atoms with Crippen molar-refractivity contribution in [2.24, 2.45) is 15.7 Å². The van der Waals surface area contributed by atoms with Gasteiger partial charge in [-0.3, -0.25) is 20.0 Å². The number of likely N-dealkylation sites (N-methyl/N-ethyl adjacent to an activating group) is 1. The molecule has 4 aliphatic heterocycles. The number of carbonyl (C=O) groups excluding carboxylic acids is 1. The number of aromatic carboxylic acids is 1. The van der Waals surface area contributed by atoms with Gasteiger partial charge in [0.1, 0.15) is 0 Å². The van der Waals surface area contributed by atoms with Crippen LogP contribution in [-0.2, 0) is 4.79 Å². The molecule has 9 heteroatoms. The highest BCUT2D eigenvalue weighted by Crippen LogP contribution is 2.38. The minimum atomic E-state index is -1.16. The maximum atomic E-state index is 12.9. The first-order chi connectivity index (χ1) is 11.4. The summed E-state index contributed by atoms with van der Waals surface area (Å²) < 4.78 is 0. The van der Waals surface area contributed by atoms with E-state index in [2.05, 4.69) is 15.3 Å². The predicted octanol–water partition coefficient (Wildman–Crippen LogP) is -0.942. The lowest BCUT2D eigenvalue weighted by Crippen LogP contribution is -2.81. The smallest absolute Gasteiger partial charge is 0.335 e. The molecule has 0 saturated carbocycles. The average Bonchev–Trinajstić information content (AvgIpc) is 2.53. The lowest BCUT2D eigenvalue weighted by molar-refractivity contribution is -0.129. The number of hydrogen-bond acceptors (Lipinski definition) is 7. The number of benzene rings is 1. The van der Waals surface area contributed by atoms with Crippen LogP contribution in [0.3, 0.4) is 0 Å². The Kier molecular flexibility index (Phi) is 2.91. The van der Waals surface area contributed by atoms with Crippen molar-refractivity contribution >= 4 is 29.4 Å². The number of guanidine groups is 1. The molecule has 24 heavy (non-hydrogen) atoms. The summed E-state index contributed by atoms with van der Waals surface area (Å²) in [6.45, 7) is 1.18. The predicted molar refractivity (Wildman–Crippen MR) is 87.1 cm³/mol. The van der Waals surface area contributed by atoms with E-state index in [9.17, 15) is 9.59 Å². The van der Waals surface area contributed by atoms with Crippen LogP contribution in [0.1, 0.15) is 10.4 Å². The SMILES string of the molecule is CN1CC2CN(c3ccc(C(=O)O)cc3)C13C(=O)NC(N)=NC3=N2. The lowest BCUT2D eigenvalue weighted by atomic mass is 9.91. The van der Waals surface area contributed by atoms with Crippen molar-refractivity contribution in [3.63, 3.8) is 0 Å². The Bertz CT molecular complexity index is 802. The Morgan fingerprint density at radius 3 is 2.75 bits per heavy atom. The van der Waals surface area contributed by atoms with Gasteiger partial charge in [-0.25, -0.2) is 4.79 Å². The summed E-state index contributed by atoms with van der Waals surface area (Å²) in [4.78, 5) is 36.5. The van der Waals surface area contributed by atoms with Gasteiger partial charge in [0.15, 0.2) is 5.84 Å². The first-order valence-corrected chi connectivity index (χ1v) is 7.49. The van der Waals surface area contributed by atoms with Crippen molar-refractivity contribution in [2.45, 2.75) is 11.7 Å². The van der Waals surface area contributed by atoms with Crippen LogP contribution in [0, 0.1) is 0 Å². The number of anilines is 1. The average molecular weight is 328 g/mol. The summed E-state index contributed by atoms with van der Waals surface area (Å²) in [6, 6.07) is 6.39. The second-order valence-electron chi connectivity index (χ2n) is 6.07. The number of carboxylic acid groups (broad SMARTS) is 1. The highest BCUT2D eigenvalue weighted by molar-refractivity contribution is 6.25. The number of nitrogens with zero attached hydrogens (tertiary/aromatic N) is 4. The number of nitrogens with two attached hydrogens (primary N) is 1. The maximum absolute atomic E-state index is 12.9. The van der Waals surface area contributed by atoms with Gasteiger partial charge in [0.2, 0.25) is 11.6 Å². The van der Waals surface area contributed by atoms with Gasteiger partial charge >= 0.3 is 5.97 Å². The standard InChI is InChI=1S/C15H16N6O3/c1-20-6-9-7-21(10-4-2-8(3-5-10)11(22)23)15(20)12(17-9)18-14(16)19-13(15)24/h2-5,9H,6-7H2,1H3,(H,22,23)(H3,16,17,18,19,24). The Balaban J connectivity index is 1.84. The molecule has 1 spiro atoms. The molecule has 0 aliphatic carbocycles. The van der Waals surface area contributed by atoms with Crippen LogP contribution in [-0.4, -0.2) is 65.5 Å². The van der Waals surface area contributed by atoms with Crippen molar-refractivity contribution in [1.29, 1.82) is 0 Å². The van der Waals surface area contributed by atoms with E-state index in [1.807, 2.05) is 16.8 Å². The fourth-order valence-electron chi connectivity index (χ4n) is 3.62. The molecule has 2 unspecified atom stereocenters. The highest BCUT2D eigenvalue weighted by Gasteiger charge is 2.60. The normalized spacial score (nSPS) is 28.8. The molecule has 0 aromatic heterocycles. The zero-order valence-electron chi connectivity index (χ0n) is 12.9. The van der Waals surface area contributed by atoms with E-state index in [0.29, 0.717) is 18.9 Å². The molecule has 4 N–H and O–H groups in total. The number of hydrogen-bond donors (Lipinski definition) is 3. The first kappa shape index (κ1) is 14.6. The topological polar surface area (TPSA) is 124 Å². The van der Waals surface area contributed by atoms with E-state index in [4.69, 9.17) is 10.8 Å². The molecule has 9 nitrogen and oxygen atoms in total. The molecule has 2 bridgehead atoms. The summed E-state index contributed by atoms with van der Waals surface area (Å²) in [7, 11) is 1.84. The molecule has 5 rings (SSSR count). The summed E-state index contributed by atoms with van der Waals surface area (Å²) in [5, 5.41) is 11.6. The molecule has 1 fully saturated rings. The molecular weight excluding hydrogens is 312 g/mol. The molecule has 4 heterocycles. The molecule has 0 radical (unpaired) electrons. The highest BCUT2D eigenvalue weighted by atomic mass is 16.4. The zero-order valence-corrected chi connectivity index (χ0v) is 12.9. The maximum Gasteiger partial charge on any atom is 0.335 e. The fourth-order valence-corrected chi connectivity index (χ4v) is 3.62. The van der Waals surface area contributed by atoms with Crippen LogP contribution in [0.4, 0.5) is 5.69 Å². The van der Waals surface area contributed by atoms with Crippen molar-refractivity contribution in [2.75, 3.05) is 25.0 Å². The lowest BCUT2D eigenvalue weighted by Gasteiger charge is -2.57. The minimum Gasteiger partial charge on any atom is -0.478 e. The third kappa shape index (κ3) is 1.78. The van der Waals surface area contributed by atoms with E-state index in [0.717, 1.165) is 5.69 Å². The Morgan fingerprint density at radius 2 is 2.08 bits per heavy atom. The van der Waals surface area contributed by atoms with Gasteiger partial charge in [0, 0.05) is 18.8 Å². The van der Waals surface area contributed by atoms with E-state index >= 15 is 0 Å². The van der Waals surface area contributed by atoms with Gasteiger partial charge in [-0.1, -0.05) is 0 Å². The Labute approximate surface area is 137 Å². The van der Waals surface area contributed by atoms with Gasteiger partial charge in [-0.2, -0.15) is 4.99 Å². The van der Waals surface area contributed by atoms with Crippen LogP contribution >= 0.6 is 0 Å². The van der Waals surface area contributed by atoms with Crippen LogP contribution in [0.15, 0.2) is 34.3 Å². The summed E-state index contributed by atoms with van der Waals surface area (Å²) in [5.41, 5.74) is 5.44. The number of amidine groups is 1. The molecular formula is C15H16N6O3. The van der Waals surface area contributed by atoms with Crippen LogP contribution < -0.4 is 16.0 Å². The van der Waals surface area contributed by atoms with Crippen LogP contribution in [0.25, 0.3) is 0 Å². The summed E-state index contributed by atoms with van der Waals surface area (Å²) in [5.74, 6) is -0.897. The van der Waals surface area contributed by atoms with Gasteiger partial charge in [-0.15, -0.1) is 0 Å². The second-order valence-corrected chi connectivity index (χ2v) is 6.07. The van der Waals surface area contributed by atoms with Gasteiger partial charge in [0.25, 0.3) is 5.91 Å². The largest absolute Gasteiger partial charge is 0.478 e. The fraction of sp³-hybridized carbons (Fsp3) is 0.333. The number of amides is 1. The van der Waals surface area contributed by atoms with Gasteiger partial charge in [-0.05, 0) is 31.3 Å². The zero-order chi connectivity index (χ0) is 17.1. The molecule has 4 aliphatic rings. The molecule has 2 atom stereocenters. The summed E-state index contributed by atoms with van der Waals surface area (Å²) in [6.07, 6.45) is 0. The van der Waals surface area contributed by atoms with Gasteiger partial charge in [0.05, 0.1) is 11.6 Å². The second kappa shape index (κ2) is 4.78. The van der Waals surface area contributed by atoms with Crippen molar-refractivity contribution in [3.05, 3.63) is 29.8 Å². The third-order valence-electron chi connectivity index (χ3n) is 4.65. The third-order valence-corrected chi connectivity index (χ3v) is 4.65. The quantitative estimate of drug-likeness (QED) is 0.644.